The third-order valence-electron chi connectivity index (χ3n) is 6.47. The van der Waals surface area contributed by atoms with Gasteiger partial charge in [0.2, 0.25) is 0 Å². The molecule has 0 aliphatic carbocycles. The Morgan fingerprint density at radius 1 is 0.462 bits per heavy atom. The van der Waals surface area contributed by atoms with Crippen LogP contribution in [0, 0.1) is 0 Å². The second kappa shape index (κ2) is 4.16. The van der Waals surface area contributed by atoms with Crippen molar-refractivity contribution in [3.8, 4) is 0 Å². The largest absolute Gasteiger partial charge is 0.0613 e. The number of aryl methyl sites for hydroxylation is 1. The Morgan fingerprint density at radius 3 is 1.35 bits per heavy atom. The van der Waals surface area contributed by atoms with Gasteiger partial charge in [-0.15, -0.1) is 0 Å². The predicted molar refractivity (Wildman–Crippen MR) is 114 cm³/mol. The molecular weight excluding hydrogens is 312 g/mol. The monoisotopic (exact) mass is 328 g/mol. The van der Waals surface area contributed by atoms with E-state index in [0.29, 0.717) is 0 Å². The predicted octanol–water partition coefficient (Wildman–Crippen LogP) is 7.48. The van der Waals surface area contributed by atoms with Crippen molar-refractivity contribution in [2.45, 2.75) is 13.3 Å². The van der Waals surface area contributed by atoms with Gasteiger partial charge in [-0.3, -0.25) is 0 Å². The molecule has 0 fully saturated rings. The van der Waals surface area contributed by atoms with Crippen molar-refractivity contribution in [3.05, 3.63) is 72.3 Å². The fourth-order valence-corrected chi connectivity index (χ4v) is 5.36. The van der Waals surface area contributed by atoms with E-state index in [1.165, 1.54) is 70.2 Å². The summed E-state index contributed by atoms with van der Waals surface area (Å²) in [4.78, 5) is 0. The minimum Gasteiger partial charge on any atom is -0.0613 e. The average Bonchev–Trinajstić information content (AvgIpc) is 2.71. The van der Waals surface area contributed by atoms with Crippen LogP contribution < -0.4 is 0 Å². The van der Waals surface area contributed by atoms with Gasteiger partial charge in [-0.1, -0.05) is 73.7 Å². The van der Waals surface area contributed by atoms with Crippen molar-refractivity contribution >= 4 is 64.6 Å². The maximum atomic E-state index is 2.41. The molecule has 7 aromatic rings. The Labute approximate surface area is 150 Å². The first kappa shape index (κ1) is 13.1. The van der Waals surface area contributed by atoms with Gasteiger partial charge < -0.3 is 0 Å². The lowest BCUT2D eigenvalue weighted by atomic mass is 9.81. The summed E-state index contributed by atoms with van der Waals surface area (Å²) < 4.78 is 0. The van der Waals surface area contributed by atoms with Gasteiger partial charge in [0.25, 0.3) is 0 Å². The molecule has 0 aromatic heterocycles. The second-order valence-corrected chi connectivity index (χ2v) is 7.63. The van der Waals surface area contributed by atoms with Gasteiger partial charge in [0, 0.05) is 0 Å². The highest BCUT2D eigenvalue weighted by atomic mass is 14.2. The minimum absolute atomic E-state index is 1.07. The van der Waals surface area contributed by atoms with E-state index < -0.39 is 0 Å². The van der Waals surface area contributed by atoms with Crippen LogP contribution in [0.3, 0.4) is 0 Å². The van der Waals surface area contributed by atoms with E-state index in [9.17, 15) is 0 Å². The number of hydrogen-bond donors (Lipinski definition) is 0. The van der Waals surface area contributed by atoms with Crippen LogP contribution >= 0.6 is 0 Å². The molecule has 0 saturated carbocycles. The highest BCUT2D eigenvalue weighted by molar-refractivity contribution is 6.44. The van der Waals surface area contributed by atoms with E-state index in [-0.39, 0.29) is 0 Å². The summed E-state index contributed by atoms with van der Waals surface area (Å²) in [6.07, 6.45) is 1.07. The maximum absolute atomic E-state index is 2.41. The molecule has 0 saturated heterocycles. The number of benzene rings is 7. The molecular formula is C26H16. The lowest BCUT2D eigenvalue weighted by molar-refractivity contribution is 1.16. The fourth-order valence-electron chi connectivity index (χ4n) is 5.36. The Balaban J connectivity index is 2.05. The molecule has 0 spiro atoms. The summed E-state index contributed by atoms with van der Waals surface area (Å²) in [6.45, 7) is 2.27. The van der Waals surface area contributed by atoms with Crippen LogP contribution in [0.15, 0.2) is 66.7 Å². The zero-order valence-corrected chi connectivity index (χ0v) is 14.6. The van der Waals surface area contributed by atoms with Crippen LogP contribution in [0.25, 0.3) is 64.6 Å². The summed E-state index contributed by atoms with van der Waals surface area (Å²) in [5.41, 5.74) is 1.46. The summed E-state index contributed by atoms with van der Waals surface area (Å²) >= 11 is 0. The van der Waals surface area contributed by atoms with E-state index in [2.05, 4.69) is 73.7 Å². The standard InChI is InChI=1S/C26H16/c1-2-14-13-19-10-9-17-6-4-15-3-5-16-7-8-18-11-12-20(14)26-24(18)22(16)21(15)23(17)25(19)26/h3-13H,2H2,1H3. The summed E-state index contributed by atoms with van der Waals surface area (Å²) in [7, 11) is 0. The Morgan fingerprint density at radius 2 is 0.846 bits per heavy atom. The van der Waals surface area contributed by atoms with Gasteiger partial charge >= 0.3 is 0 Å². The first-order chi connectivity index (χ1) is 12.8. The molecule has 0 heteroatoms. The van der Waals surface area contributed by atoms with Crippen molar-refractivity contribution < 1.29 is 0 Å². The van der Waals surface area contributed by atoms with E-state index in [0.717, 1.165) is 6.42 Å². The van der Waals surface area contributed by atoms with Crippen LogP contribution in [0.1, 0.15) is 12.5 Å². The first-order valence-corrected chi connectivity index (χ1v) is 9.44. The molecule has 0 N–H and O–H groups in total. The lowest BCUT2D eigenvalue weighted by Gasteiger charge is -2.21. The van der Waals surface area contributed by atoms with Crippen molar-refractivity contribution in [1.82, 2.24) is 0 Å². The van der Waals surface area contributed by atoms with Crippen molar-refractivity contribution in [2.75, 3.05) is 0 Å². The van der Waals surface area contributed by atoms with Crippen LogP contribution in [0.5, 0.6) is 0 Å². The Bertz CT molecular complexity index is 1540. The molecule has 0 aliphatic rings. The van der Waals surface area contributed by atoms with Crippen molar-refractivity contribution in [3.63, 3.8) is 0 Å². The highest BCUT2D eigenvalue weighted by Crippen LogP contribution is 2.48. The molecule has 0 bridgehead atoms. The Hall–Kier alpha value is -3.12. The van der Waals surface area contributed by atoms with E-state index >= 15 is 0 Å². The fraction of sp³-hybridized carbons (Fsp3) is 0.0769. The zero-order chi connectivity index (χ0) is 17.0. The molecule has 7 rings (SSSR count). The third kappa shape index (κ3) is 1.29. The molecule has 120 valence electrons. The smallest absolute Gasteiger partial charge is 0.00111 e. The molecule has 7 aromatic carbocycles. The summed E-state index contributed by atoms with van der Waals surface area (Å²) in [5.74, 6) is 0. The summed E-state index contributed by atoms with van der Waals surface area (Å²) in [6, 6.07) is 25.4. The van der Waals surface area contributed by atoms with E-state index in [1.54, 1.807) is 0 Å². The average molecular weight is 328 g/mol. The normalized spacial score (nSPS) is 13.0. The van der Waals surface area contributed by atoms with Gasteiger partial charge in [0.1, 0.15) is 0 Å². The molecule has 0 nitrogen and oxygen atoms in total. The van der Waals surface area contributed by atoms with E-state index in [1.807, 2.05) is 0 Å². The minimum atomic E-state index is 1.07. The quantitative estimate of drug-likeness (QED) is 0.216. The van der Waals surface area contributed by atoms with Gasteiger partial charge in [-0.05, 0) is 76.6 Å². The molecule has 26 heavy (non-hydrogen) atoms. The molecule has 0 radical (unpaired) electrons. The van der Waals surface area contributed by atoms with Gasteiger partial charge in [-0.2, -0.15) is 0 Å². The lowest BCUT2D eigenvalue weighted by Crippen LogP contribution is -1.94. The number of hydrogen-bond acceptors (Lipinski definition) is 0. The van der Waals surface area contributed by atoms with Crippen LogP contribution in [0.2, 0.25) is 0 Å². The third-order valence-corrected chi connectivity index (χ3v) is 6.47. The van der Waals surface area contributed by atoms with Crippen LogP contribution in [-0.2, 0) is 6.42 Å². The van der Waals surface area contributed by atoms with Gasteiger partial charge in [0.15, 0.2) is 0 Å². The van der Waals surface area contributed by atoms with Gasteiger partial charge in [0.05, 0.1) is 0 Å². The molecule has 0 atom stereocenters. The zero-order valence-electron chi connectivity index (χ0n) is 14.6. The van der Waals surface area contributed by atoms with Gasteiger partial charge in [-0.25, -0.2) is 0 Å². The SMILES string of the molecule is CCc1cc2ccc3ccc4ccc5ccc6ccc1c1c6c5c4c3c21. The highest BCUT2D eigenvalue weighted by Gasteiger charge is 2.20. The van der Waals surface area contributed by atoms with Crippen molar-refractivity contribution in [2.24, 2.45) is 0 Å². The van der Waals surface area contributed by atoms with Crippen LogP contribution in [-0.4, -0.2) is 0 Å². The molecule has 0 heterocycles. The van der Waals surface area contributed by atoms with Crippen molar-refractivity contribution in [1.29, 1.82) is 0 Å². The molecule has 0 amide bonds. The second-order valence-electron chi connectivity index (χ2n) is 7.63. The first-order valence-electron chi connectivity index (χ1n) is 9.44. The molecule has 0 aliphatic heterocycles. The summed E-state index contributed by atoms with van der Waals surface area (Å²) in [5, 5.41) is 17.0. The Kier molecular flexibility index (Phi) is 2.10. The van der Waals surface area contributed by atoms with E-state index in [4.69, 9.17) is 0 Å². The topological polar surface area (TPSA) is 0 Å². The number of rotatable bonds is 1. The van der Waals surface area contributed by atoms with Crippen LogP contribution in [0.4, 0.5) is 0 Å². The maximum Gasteiger partial charge on any atom is -0.00111 e. The molecule has 0 unspecified atom stereocenters.